The molecule has 136 valence electrons. The van der Waals surface area contributed by atoms with Crippen molar-refractivity contribution < 1.29 is 13.9 Å². The van der Waals surface area contributed by atoms with Crippen LogP contribution in [0.4, 0.5) is 5.69 Å². The van der Waals surface area contributed by atoms with E-state index in [2.05, 4.69) is 19.2 Å². The zero-order valence-corrected chi connectivity index (χ0v) is 16.3. The molecule has 0 aliphatic carbocycles. The molecule has 3 heterocycles. The van der Waals surface area contributed by atoms with E-state index in [-0.39, 0.29) is 11.8 Å². The minimum Gasteiger partial charge on any atom is -0.492 e. The van der Waals surface area contributed by atoms with Crippen molar-refractivity contribution in [1.29, 1.82) is 0 Å². The van der Waals surface area contributed by atoms with Crippen LogP contribution in [0, 0.1) is 0 Å². The Hall–Kier alpha value is -2.05. The third-order valence-corrected chi connectivity index (χ3v) is 5.95. The van der Waals surface area contributed by atoms with Crippen LogP contribution in [0.1, 0.15) is 60.4 Å². The smallest absolute Gasteiger partial charge is 0.202 e. The molecule has 1 unspecified atom stereocenters. The van der Waals surface area contributed by atoms with Crippen LogP contribution in [0.3, 0.4) is 0 Å². The van der Waals surface area contributed by atoms with E-state index in [4.69, 9.17) is 25.7 Å². The van der Waals surface area contributed by atoms with Crippen LogP contribution in [-0.4, -0.2) is 17.4 Å². The number of carbonyl (C=O) groups excluding carboxylic acids is 1. The lowest BCUT2D eigenvalue weighted by Gasteiger charge is -2.22. The van der Waals surface area contributed by atoms with Gasteiger partial charge in [0.25, 0.3) is 0 Å². The van der Waals surface area contributed by atoms with Crippen molar-refractivity contribution >= 4 is 45.4 Å². The Balaban J connectivity index is 1.78. The first-order chi connectivity index (χ1) is 12.5. The molecule has 0 bridgehead atoms. The second-order valence-corrected chi connectivity index (χ2v) is 7.85. The van der Waals surface area contributed by atoms with Crippen molar-refractivity contribution in [2.45, 2.75) is 39.2 Å². The van der Waals surface area contributed by atoms with Crippen LogP contribution in [0.15, 0.2) is 21.9 Å². The lowest BCUT2D eigenvalue weighted by atomic mass is 9.99. The van der Waals surface area contributed by atoms with E-state index >= 15 is 0 Å². The van der Waals surface area contributed by atoms with Gasteiger partial charge < -0.3 is 14.5 Å². The van der Waals surface area contributed by atoms with Crippen molar-refractivity contribution in [2.75, 3.05) is 11.9 Å². The number of aromatic nitrogens is 1. The maximum Gasteiger partial charge on any atom is 0.202 e. The lowest BCUT2D eigenvalue weighted by Crippen LogP contribution is -2.22. The van der Waals surface area contributed by atoms with Gasteiger partial charge in [-0.25, -0.2) is 4.98 Å². The fourth-order valence-corrected chi connectivity index (χ4v) is 4.33. The summed E-state index contributed by atoms with van der Waals surface area (Å²) in [6, 6.07) is 3.36. The first-order valence-electron chi connectivity index (χ1n) is 8.62. The Morgan fingerprint density at radius 2 is 2.27 bits per heavy atom. The van der Waals surface area contributed by atoms with E-state index < -0.39 is 0 Å². The van der Waals surface area contributed by atoms with Gasteiger partial charge in [-0.2, -0.15) is 0 Å². The Morgan fingerprint density at radius 3 is 2.96 bits per heavy atom. The number of halogens is 1. The van der Waals surface area contributed by atoms with E-state index in [0.29, 0.717) is 52.1 Å². The molecular formula is C19H19ClN2O3S. The van der Waals surface area contributed by atoms with E-state index in [9.17, 15) is 4.79 Å². The number of carbonyl (C=O) groups is 1. The third kappa shape index (κ3) is 2.77. The Labute approximate surface area is 160 Å². The number of furan rings is 1. The van der Waals surface area contributed by atoms with Gasteiger partial charge in [0.15, 0.2) is 5.76 Å². The van der Waals surface area contributed by atoms with E-state index in [1.165, 1.54) is 0 Å². The first-order valence-corrected chi connectivity index (χ1v) is 9.88. The molecule has 0 spiro atoms. The molecule has 5 nitrogen and oxygen atoms in total. The minimum atomic E-state index is -0.189. The number of hydrogen-bond donors (Lipinski definition) is 1. The number of ether oxygens (including phenoxy) is 1. The third-order valence-electron chi connectivity index (χ3n) is 4.41. The molecule has 3 aromatic rings. The molecule has 1 N–H and O–H groups in total. The van der Waals surface area contributed by atoms with Crippen molar-refractivity contribution in [3.8, 4) is 5.75 Å². The molecule has 26 heavy (non-hydrogen) atoms. The fraction of sp³-hybridized carbons (Fsp3) is 0.368. The van der Waals surface area contributed by atoms with E-state index in [1.807, 2.05) is 12.3 Å². The van der Waals surface area contributed by atoms with Crippen molar-refractivity contribution in [3.63, 3.8) is 0 Å². The predicted molar refractivity (Wildman–Crippen MR) is 104 cm³/mol. The van der Waals surface area contributed by atoms with Crippen molar-refractivity contribution in [2.24, 2.45) is 0 Å². The fourth-order valence-electron chi connectivity index (χ4n) is 3.14. The van der Waals surface area contributed by atoms with Crippen LogP contribution in [0.2, 0.25) is 5.02 Å². The number of benzene rings is 1. The number of Topliss-reactive ketones (excluding diaryl/α,β-unsaturated/α-hetero) is 1. The van der Waals surface area contributed by atoms with E-state index in [1.54, 1.807) is 23.5 Å². The summed E-state index contributed by atoms with van der Waals surface area (Å²) in [4.78, 5) is 17.4. The quantitative estimate of drug-likeness (QED) is 0.609. The van der Waals surface area contributed by atoms with Gasteiger partial charge in [0, 0.05) is 17.7 Å². The number of thiazole rings is 1. The summed E-state index contributed by atoms with van der Waals surface area (Å²) < 4.78 is 11.4. The van der Waals surface area contributed by atoms with Crippen LogP contribution in [0.5, 0.6) is 5.75 Å². The van der Waals surface area contributed by atoms with Gasteiger partial charge in [-0.15, -0.1) is 11.3 Å². The Kier molecular flexibility index (Phi) is 4.40. The summed E-state index contributed by atoms with van der Waals surface area (Å²) in [6.45, 7) is 6.63. The largest absolute Gasteiger partial charge is 0.492 e. The maximum atomic E-state index is 12.7. The number of ketones is 1. The number of hydrogen-bond acceptors (Lipinski definition) is 6. The molecule has 2 aromatic heterocycles. The summed E-state index contributed by atoms with van der Waals surface area (Å²) in [6.07, 6.45) is 0.310. The molecule has 0 amide bonds. The molecule has 7 heteroatoms. The molecule has 1 atom stereocenters. The van der Waals surface area contributed by atoms with E-state index in [0.717, 1.165) is 10.7 Å². The number of nitrogens with one attached hydrogen (secondary N) is 1. The number of rotatable bonds is 4. The van der Waals surface area contributed by atoms with Gasteiger partial charge in [-0.1, -0.05) is 25.4 Å². The van der Waals surface area contributed by atoms with Gasteiger partial charge in [0.1, 0.15) is 11.3 Å². The molecule has 0 fully saturated rings. The summed E-state index contributed by atoms with van der Waals surface area (Å²) in [5, 5.41) is 7.64. The monoisotopic (exact) mass is 390 g/mol. The lowest BCUT2D eigenvalue weighted by molar-refractivity contribution is 0.0946. The first kappa shape index (κ1) is 17.4. The Bertz CT molecular complexity index is 992. The molecule has 0 saturated carbocycles. The SMILES string of the molecule is CCOc1ccc2oc3c(c2c1Cl)NC(c1csc(C(C)C)n1)CC3=O. The maximum absolute atomic E-state index is 12.7. The average Bonchev–Trinajstić information content (AvgIpc) is 3.23. The predicted octanol–water partition coefficient (Wildman–Crippen LogP) is 5.80. The molecular weight excluding hydrogens is 372 g/mol. The highest BCUT2D eigenvalue weighted by Gasteiger charge is 2.33. The van der Waals surface area contributed by atoms with Gasteiger partial charge in [0.2, 0.25) is 5.78 Å². The average molecular weight is 391 g/mol. The molecule has 1 aromatic carbocycles. The highest BCUT2D eigenvalue weighted by Crippen LogP contribution is 2.45. The van der Waals surface area contributed by atoms with Crippen LogP contribution >= 0.6 is 22.9 Å². The van der Waals surface area contributed by atoms with Gasteiger partial charge in [0.05, 0.1) is 39.4 Å². The second kappa shape index (κ2) is 6.59. The van der Waals surface area contributed by atoms with Gasteiger partial charge in [-0.3, -0.25) is 4.79 Å². The number of anilines is 1. The number of fused-ring (bicyclic) bond motifs is 3. The van der Waals surface area contributed by atoms with Gasteiger partial charge in [-0.05, 0) is 19.1 Å². The van der Waals surface area contributed by atoms with Crippen LogP contribution in [0.25, 0.3) is 11.0 Å². The normalized spacial score (nSPS) is 16.8. The topological polar surface area (TPSA) is 64.4 Å². The summed E-state index contributed by atoms with van der Waals surface area (Å²) in [5.74, 6) is 1.22. The van der Waals surface area contributed by atoms with Gasteiger partial charge >= 0.3 is 0 Å². The zero-order chi connectivity index (χ0) is 18.4. The van der Waals surface area contributed by atoms with Crippen LogP contribution in [-0.2, 0) is 0 Å². The minimum absolute atomic E-state index is 0.0481. The molecule has 4 rings (SSSR count). The zero-order valence-electron chi connectivity index (χ0n) is 14.8. The highest BCUT2D eigenvalue weighted by atomic mass is 35.5. The second-order valence-electron chi connectivity index (χ2n) is 6.58. The highest BCUT2D eigenvalue weighted by molar-refractivity contribution is 7.09. The molecule has 0 saturated heterocycles. The molecule has 1 aliphatic rings. The van der Waals surface area contributed by atoms with Crippen LogP contribution < -0.4 is 10.1 Å². The summed E-state index contributed by atoms with van der Waals surface area (Å²) in [7, 11) is 0. The molecule has 1 aliphatic heterocycles. The summed E-state index contributed by atoms with van der Waals surface area (Å²) >= 11 is 8.16. The summed E-state index contributed by atoms with van der Waals surface area (Å²) in [5.41, 5.74) is 2.09. The Morgan fingerprint density at radius 1 is 1.46 bits per heavy atom. The number of nitrogens with zero attached hydrogens (tertiary/aromatic N) is 1. The molecule has 0 radical (unpaired) electrons. The van der Waals surface area contributed by atoms with Crippen molar-refractivity contribution in [3.05, 3.63) is 39.0 Å². The van der Waals surface area contributed by atoms with Crippen molar-refractivity contribution in [1.82, 2.24) is 4.98 Å². The standard InChI is InChI=1S/C19H19ClN2O3S/c1-4-24-14-6-5-13-15(16(14)20)17-18(25-13)12(23)7-10(21-17)11-8-26-19(22-11)9(2)3/h5-6,8-10,21H,4,7H2,1-3H3.